The summed E-state index contributed by atoms with van der Waals surface area (Å²) in [6.07, 6.45) is 0.937. The SMILES string of the molecule is CC(NC(=O)C(C)(C)C)C(=O)NC1CCNCC1C. The van der Waals surface area contributed by atoms with Crippen LogP contribution in [0.4, 0.5) is 0 Å². The van der Waals surface area contributed by atoms with Gasteiger partial charge in [-0.1, -0.05) is 27.7 Å². The average molecular weight is 269 g/mol. The third kappa shape index (κ3) is 4.82. The molecule has 1 heterocycles. The van der Waals surface area contributed by atoms with Crippen LogP contribution >= 0.6 is 0 Å². The van der Waals surface area contributed by atoms with Gasteiger partial charge >= 0.3 is 0 Å². The molecule has 1 saturated heterocycles. The third-order valence-electron chi connectivity index (χ3n) is 3.54. The Hall–Kier alpha value is -1.10. The van der Waals surface area contributed by atoms with E-state index in [9.17, 15) is 9.59 Å². The maximum absolute atomic E-state index is 12.1. The van der Waals surface area contributed by atoms with Crippen molar-refractivity contribution >= 4 is 11.8 Å². The van der Waals surface area contributed by atoms with Crippen LogP contribution in [-0.2, 0) is 9.59 Å². The summed E-state index contributed by atoms with van der Waals surface area (Å²) in [5.41, 5.74) is -0.476. The summed E-state index contributed by atoms with van der Waals surface area (Å²) < 4.78 is 0. The zero-order valence-corrected chi connectivity index (χ0v) is 12.7. The van der Waals surface area contributed by atoms with Crippen molar-refractivity contribution in [3.8, 4) is 0 Å². The first-order valence-corrected chi connectivity index (χ1v) is 7.04. The van der Waals surface area contributed by atoms with Crippen molar-refractivity contribution < 1.29 is 9.59 Å². The summed E-state index contributed by atoms with van der Waals surface area (Å²) >= 11 is 0. The number of rotatable bonds is 3. The maximum atomic E-state index is 12.1. The summed E-state index contributed by atoms with van der Waals surface area (Å²) in [5.74, 6) is 0.216. The lowest BCUT2D eigenvalue weighted by Gasteiger charge is -2.31. The Morgan fingerprint density at radius 1 is 1.32 bits per heavy atom. The molecule has 3 atom stereocenters. The van der Waals surface area contributed by atoms with E-state index in [1.54, 1.807) is 6.92 Å². The molecule has 1 fully saturated rings. The summed E-state index contributed by atoms with van der Waals surface area (Å²) in [5, 5.41) is 9.09. The fraction of sp³-hybridized carbons (Fsp3) is 0.857. The van der Waals surface area contributed by atoms with Gasteiger partial charge in [-0.05, 0) is 32.4 Å². The van der Waals surface area contributed by atoms with E-state index in [0.29, 0.717) is 5.92 Å². The number of carbonyl (C=O) groups excluding carboxylic acids is 2. The molecule has 1 rings (SSSR count). The van der Waals surface area contributed by atoms with Crippen molar-refractivity contribution in [1.29, 1.82) is 0 Å². The van der Waals surface area contributed by atoms with Gasteiger partial charge in [-0.3, -0.25) is 9.59 Å². The summed E-state index contributed by atoms with van der Waals surface area (Å²) in [6, 6.07) is -0.295. The van der Waals surface area contributed by atoms with E-state index < -0.39 is 11.5 Å². The maximum Gasteiger partial charge on any atom is 0.242 e. The molecule has 0 aromatic heterocycles. The molecular formula is C14H27N3O2. The quantitative estimate of drug-likeness (QED) is 0.704. The van der Waals surface area contributed by atoms with Gasteiger partial charge in [0, 0.05) is 11.5 Å². The highest BCUT2D eigenvalue weighted by Gasteiger charge is 2.28. The van der Waals surface area contributed by atoms with E-state index in [1.165, 1.54) is 0 Å². The Morgan fingerprint density at radius 2 is 1.95 bits per heavy atom. The Labute approximate surface area is 115 Å². The van der Waals surface area contributed by atoms with E-state index in [0.717, 1.165) is 19.5 Å². The van der Waals surface area contributed by atoms with Gasteiger partial charge in [0.05, 0.1) is 0 Å². The van der Waals surface area contributed by atoms with E-state index in [1.807, 2.05) is 20.8 Å². The first-order chi connectivity index (χ1) is 8.71. The van der Waals surface area contributed by atoms with Gasteiger partial charge in [0.1, 0.15) is 6.04 Å². The van der Waals surface area contributed by atoms with Crippen LogP contribution in [0, 0.1) is 11.3 Å². The highest BCUT2D eigenvalue weighted by molar-refractivity contribution is 5.89. The second-order valence-corrected chi connectivity index (χ2v) is 6.53. The summed E-state index contributed by atoms with van der Waals surface area (Å²) in [7, 11) is 0. The van der Waals surface area contributed by atoms with Gasteiger partial charge in [0.15, 0.2) is 0 Å². The summed E-state index contributed by atoms with van der Waals surface area (Å²) in [6.45, 7) is 11.2. The van der Waals surface area contributed by atoms with Crippen molar-refractivity contribution in [2.24, 2.45) is 11.3 Å². The number of amides is 2. The van der Waals surface area contributed by atoms with Crippen LogP contribution in [0.2, 0.25) is 0 Å². The molecule has 1 aliphatic heterocycles. The van der Waals surface area contributed by atoms with Crippen LogP contribution in [-0.4, -0.2) is 37.0 Å². The Balaban J connectivity index is 2.46. The van der Waals surface area contributed by atoms with Gasteiger partial charge in [-0.2, -0.15) is 0 Å². The second-order valence-electron chi connectivity index (χ2n) is 6.53. The Morgan fingerprint density at radius 3 is 2.47 bits per heavy atom. The van der Waals surface area contributed by atoms with E-state index in [-0.39, 0.29) is 17.9 Å². The lowest BCUT2D eigenvalue weighted by Crippen LogP contribution is -2.54. The molecule has 3 unspecified atom stereocenters. The van der Waals surface area contributed by atoms with Crippen molar-refractivity contribution in [1.82, 2.24) is 16.0 Å². The Bertz CT molecular complexity index is 336. The first kappa shape index (κ1) is 16.0. The van der Waals surface area contributed by atoms with Crippen LogP contribution in [0.3, 0.4) is 0 Å². The molecule has 0 radical (unpaired) electrons. The first-order valence-electron chi connectivity index (χ1n) is 7.04. The topological polar surface area (TPSA) is 70.2 Å². The number of hydrogen-bond donors (Lipinski definition) is 3. The van der Waals surface area contributed by atoms with Gasteiger partial charge in [0.25, 0.3) is 0 Å². The second kappa shape index (κ2) is 6.37. The molecule has 2 amide bonds. The average Bonchev–Trinajstić information content (AvgIpc) is 2.30. The number of piperidine rings is 1. The fourth-order valence-electron chi connectivity index (χ4n) is 2.01. The molecule has 0 bridgehead atoms. The van der Waals surface area contributed by atoms with Crippen LogP contribution in [0.15, 0.2) is 0 Å². The molecule has 5 nitrogen and oxygen atoms in total. The molecule has 0 aromatic rings. The van der Waals surface area contributed by atoms with Gasteiger partial charge in [-0.25, -0.2) is 0 Å². The van der Waals surface area contributed by atoms with Gasteiger partial charge < -0.3 is 16.0 Å². The zero-order chi connectivity index (χ0) is 14.6. The highest BCUT2D eigenvalue weighted by Crippen LogP contribution is 2.13. The smallest absolute Gasteiger partial charge is 0.242 e. The van der Waals surface area contributed by atoms with Crippen LogP contribution in [0.5, 0.6) is 0 Å². The number of nitrogens with one attached hydrogen (secondary N) is 3. The minimum Gasteiger partial charge on any atom is -0.351 e. The van der Waals surface area contributed by atoms with Gasteiger partial charge in [0.2, 0.25) is 11.8 Å². The van der Waals surface area contributed by atoms with E-state index in [2.05, 4.69) is 22.9 Å². The lowest BCUT2D eigenvalue weighted by atomic mass is 9.94. The molecule has 110 valence electrons. The van der Waals surface area contributed by atoms with Crippen molar-refractivity contribution in [2.45, 2.75) is 53.1 Å². The van der Waals surface area contributed by atoms with E-state index in [4.69, 9.17) is 0 Å². The molecule has 1 aliphatic rings. The zero-order valence-electron chi connectivity index (χ0n) is 12.7. The van der Waals surface area contributed by atoms with Crippen LogP contribution in [0.1, 0.15) is 41.0 Å². The van der Waals surface area contributed by atoms with Crippen molar-refractivity contribution in [3.05, 3.63) is 0 Å². The fourth-order valence-corrected chi connectivity index (χ4v) is 2.01. The predicted octanol–water partition coefficient (Wildman–Crippen LogP) is 0.651. The minimum atomic E-state index is -0.492. The number of carbonyl (C=O) groups is 2. The monoisotopic (exact) mass is 269 g/mol. The van der Waals surface area contributed by atoms with Crippen LogP contribution in [0.25, 0.3) is 0 Å². The molecule has 0 aromatic carbocycles. The Kier molecular flexibility index (Phi) is 5.35. The number of hydrogen-bond acceptors (Lipinski definition) is 3. The molecule has 3 N–H and O–H groups in total. The molecular weight excluding hydrogens is 242 g/mol. The highest BCUT2D eigenvalue weighted by atomic mass is 16.2. The molecule has 0 aliphatic carbocycles. The largest absolute Gasteiger partial charge is 0.351 e. The van der Waals surface area contributed by atoms with Crippen LogP contribution < -0.4 is 16.0 Å². The third-order valence-corrected chi connectivity index (χ3v) is 3.54. The van der Waals surface area contributed by atoms with Crippen molar-refractivity contribution in [2.75, 3.05) is 13.1 Å². The summed E-state index contributed by atoms with van der Waals surface area (Å²) in [4.78, 5) is 23.9. The minimum absolute atomic E-state index is 0.101. The molecule has 0 spiro atoms. The van der Waals surface area contributed by atoms with Gasteiger partial charge in [-0.15, -0.1) is 0 Å². The van der Waals surface area contributed by atoms with E-state index >= 15 is 0 Å². The predicted molar refractivity (Wildman–Crippen MR) is 75.6 cm³/mol. The molecule has 19 heavy (non-hydrogen) atoms. The lowest BCUT2D eigenvalue weighted by molar-refractivity contribution is -0.133. The standard InChI is InChI=1S/C14H27N3O2/c1-9-8-15-7-6-11(9)17-12(18)10(2)16-13(19)14(3,4)5/h9-11,15H,6-8H2,1-5H3,(H,16,19)(H,17,18). The van der Waals surface area contributed by atoms with Crippen molar-refractivity contribution in [3.63, 3.8) is 0 Å². The normalized spacial score (nSPS) is 25.5. The molecule has 5 heteroatoms. The molecule has 0 saturated carbocycles.